The average Bonchev–Trinajstić information content (AvgIpc) is 3.03. The molecule has 2 amide bonds. The van der Waals surface area contributed by atoms with Gasteiger partial charge < -0.3 is 24.8 Å². The zero-order valence-corrected chi connectivity index (χ0v) is 24.2. The van der Waals surface area contributed by atoms with Gasteiger partial charge in [-0.15, -0.1) is 11.8 Å². The Labute approximate surface area is 248 Å². The van der Waals surface area contributed by atoms with Crippen molar-refractivity contribution >= 4 is 41.1 Å². The molecule has 0 atom stereocenters. The highest BCUT2D eigenvalue weighted by Crippen LogP contribution is 2.29. The Morgan fingerprint density at radius 3 is 2.17 bits per heavy atom. The number of amides is 2. The van der Waals surface area contributed by atoms with E-state index in [-0.39, 0.29) is 17.2 Å². The standard InChI is InChI=1S/C33H30N2O6S/c1-39-29-15-8-7-12-24(29)18-27(35-32(37)22-10-5-4-6-11-22)33(38)34-25-13-9-14-26(20-25)42-21-28(36)23-16-17-30(40-2)31(19-23)41-3/h4-20H,21H2,1-3H3,(H,34,38)(H,35,37)/b27-18-. The molecule has 9 heteroatoms. The monoisotopic (exact) mass is 582 g/mol. The normalized spacial score (nSPS) is 10.9. The molecular weight excluding hydrogens is 552 g/mol. The number of ether oxygens (including phenoxy) is 3. The Morgan fingerprint density at radius 1 is 0.714 bits per heavy atom. The lowest BCUT2D eigenvalue weighted by molar-refractivity contribution is -0.113. The molecule has 0 saturated heterocycles. The van der Waals surface area contributed by atoms with Crippen LogP contribution in [0.2, 0.25) is 0 Å². The Balaban J connectivity index is 1.50. The van der Waals surface area contributed by atoms with Crippen LogP contribution in [0.25, 0.3) is 6.08 Å². The van der Waals surface area contributed by atoms with Gasteiger partial charge in [0.2, 0.25) is 0 Å². The molecule has 0 spiro atoms. The van der Waals surface area contributed by atoms with E-state index in [0.29, 0.717) is 39.6 Å². The summed E-state index contributed by atoms with van der Waals surface area (Å²) in [5, 5.41) is 5.58. The van der Waals surface area contributed by atoms with Crippen molar-refractivity contribution in [1.82, 2.24) is 5.32 Å². The second kappa shape index (κ2) is 14.6. The maximum atomic E-state index is 13.4. The summed E-state index contributed by atoms with van der Waals surface area (Å²) in [4.78, 5) is 40.0. The first-order valence-corrected chi connectivity index (χ1v) is 13.9. The number of benzene rings is 4. The molecule has 0 bridgehead atoms. The molecule has 0 saturated carbocycles. The van der Waals surface area contributed by atoms with Crippen molar-refractivity contribution in [3.63, 3.8) is 0 Å². The number of anilines is 1. The highest BCUT2D eigenvalue weighted by Gasteiger charge is 2.17. The molecule has 0 aliphatic rings. The fourth-order valence-electron chi connectivity index (χ4n) is 3.99. The van der Waals surface area contributed by atoms with E-state index in [0.717, 1.165) is 4.90 Å². The van der Waals surface area contributed by atoms with Gasteiger partial charge in [-0.2, -0.15) is 0 Å². The van der Waals surface area contributed by atoms with Crippen LogP contribution in [-0.4, -0.2) is 44.7 Å². The molecule has 0 aliphatic heterocycles. The van der Waals surface area contributed by atoms with Gasteiger partial charge in [0.15, 0.2) is 17.3 Å². The van der Waals surface area contributed by atoms with Crippen LogP contribution in [0, 0.1) is 0 Å². The minimum Gasteiger partial charge on any atom is -0.496 e. The molecule has 214 valence electrons. The zero-order valence-electron chi connectivity index (χ0n) is 23.4. The summed E-state index contributed by atoms with van der Waals surface area (Å²) in [7, 11) is 4.59. The SMILES string of the molecule is COc1ccccc1/C=C(\NC(=O)c1ccccc1)C(=O)Nc1cccc(SCC(=O)c2ccc(OC)c(OC)c2)c1. The lowest BCUT2D eigenvalue weighted by atomic mass is 10.1. The van der Waals surface area contributed by atoms with Gasteiger partial charge in [0.1, 0.15) is 11.4 Å². The largest absolute Gasteiger partial charge is 0.496 e. The smallest absolute Gasteiger partial charge is 0.272 e. The van der Waals surface area contributed by atoms with Crippen molar-refractivity contribution in [3.8, 4) is 17.2 Å². The van der Waals surface area contributed by atoms with E-state index in [2.05, 4.69) is 10.6 Å². The number of hydrogen-bond donors (Lipinski definition) is 2. The topological polar surface area (TPSA) is 103 Å². The van der Waals surface area contributed by atoms with Gasteiger partial charge in [-0.05, 0) is 60.7 Å². The molecule has 0 unspecified atom stereocenters. The lowest BCUT2D eigenvalue weighted by Gasteiger charge is -2.13. The number of thioether (sulfide) groups is 1. The minimum absolute atomic E-state index is 0.0371. The maximum Gasteiger partial charge on any atom is 0.272 e. The number of Topliss-reactive ketones (excluding diaryl/α,β-unsaturated/α-hetero) is 1. The predicted molar refractivity (Wildman–Crippen MR) is 165 cm³/mol. The van der Waals surface area contributed by atoms with Crippen LogP contribution >= 0.6 is 11.8 Å². The molecule has 4 rings (SSSR count). The van der Waals surface area contributed by atoms with Crippen molar-refractivity contribution in [3.05, 3.63) is 119 Å². The summed E-state index contributed by atoms with van der Waals surface area (Å²) >= 11 is 1.34. The Bertz CT molecular complexity index is 1600. The Kier molecular flexibility index (Phi) is 10.4. The van der Waals surface area contributed by atoms with Crippen LogP contribution in [0.4, 0.5) is 5.69 Å². The van der Waals surface area contributed by atoms with E-state index in [1.54, 1.807) is 78.9 Å². The van der Waals surface area contributed by atoms with E-state index in [1.165, 1.54) is 33.1 Å². The summed E-state index contributed by atoms with van der Waals surface area (Å²) in [5.41, 5.74) is 2.08. The third-order valence-corrected chi connectivity index (χ3v) is 7.13. The second-order valence-electron chi connectivity index (χ2n) is 8.88. The summed E-state index contributed by atoms with van der Waals surface area (Å²) < 4.78 is 16.0. The first kappa shape index (κ1) is 30.0. The van der Waals surface area contributed by atoms with Crippen molar-refractivity contribution in [2.45, 2.75) is 4.90 Å². The first-order chi connectivity index (χ1) is 20.4. The van der Waals surface area contributed by atoms with E-state index in [9.17, 15) is 14.4 Å². The molecular formula is C33H30N2O6S. The summed E-state index contributed by atoms with van der Waals surface area (Å²) in [5.74, 6) is 0.728. The molecule has 4 aromatic carbocycles. The number of ketones is 1. The summed E-state index contributed by atoms with van der Waals surface area (Å²) in [6.07, 6.45) is 1.56. The molecule has 42 heavy (non-hydrogen) atoms. The molecule has 0 aromatic heterocycles. The molecule has 0 aliphatic carbocycles. The van der Waals surface area contributed by atoms with Crippen LogP contribution in [0.5, 0.6) is 17.2 Å². The van der Waals surface area contributed by atoms with E-state index in [4.69, 9.17) is 14.2 Å². The van der Waals surface area contributed by atoms with Crippen LogP contribution in [-0.2, 0) is 4.79 Å². The van der Waals surface area contributed by atoms with Crippen LogP contribution in [0.15, 0.2) is 108 Å². The number of rotatable bonds is 12. The quantitative estimate of drug-likeness (QED) is 0.118. The molecule has 4 aromatic rings. The molecule has 2 N–H and O–H groups in total. The van der Waals surface area contributed by atoms with Crippen LogP contribution in [0.1, 0.15) is 26.3 Å². The van der Waals surface area contributed by atoms with Crippen LogP contribution < -0.4 is 24.8 Å². The molecule has 0 fully saturated rings. The number of methoxy groups -OCH3 is 3. The van der Waals surface area contributed by atoms with Gasteiger partial charge in [-0.3, -0.25) is 14.4 Å². The third-order valence-electron chi connectivity index (χ3n) is 6.13. The summed E-state index contributed by atoms with van der Waals surface area (Å²) in [6, 6.07) is 28.0. The van der Waals surface area contributed by atoms with Crippen molar-refractivity contribution in [2.24, 2.45) is 0 Å². The predicted octanol–water partition coefficient (Wildman–Crippen LogP) is 6.10. The van der Waals surface area contributed by atoms with Crippen LogP contribution in [0.3, 0.4) is 0 Å². The Hall–Kier alpha value is -5.02. The highest BCUT2D eigenvalue weighted by atomic mass is 32.2. The first-order valence-electron chi connectivity index (χ1n) is 12.9. The van der Waals surface area contributed by atoms with Crippen molar-refractivity contribution in [1.29, 1.82) is 0 Å². The van der Waals surface area contributed by atoms with Crippen molar-refractivity contribution in [2.75, 3.05) is 32.4 Å². The highest BCUT2D eigenvalue weighted by molar-refractivity contribution is 8.00. The fourth-order valence-corrected chi connectivity index (χ4v) is 4.84. The van der Waals surface area contributed by atoms with Gasteiger partial charge in [0.05, 0.1) is 27.1 Å². The van der Waals surface area contributed by atoms with E-state index >= 15 is 0 Å². The van der Waals surface area contributed by atoms with Gasteiger partial charge in [0.25, 0.3) is 11.8 Å². The minimum atomic E-state index is -0.520. The number of hydrogen-bond acceptors (Lipinski definition) is 7. The molecule has 8 nitrogen and oxygen atoms in total. The molecule has 0 radical (unpaired) electrons. The van der Waals surface area contributed by atoms with E-state index in [1.807, 2.05) is 24.3 Å². The Morgan fingerprint density at radius 2 is 1.43 bits per heavy atom. The third kappa shape index (κ3) is 7.80. The summed E-state index contributed by atoms with van der Waals surface area (Å²) in [6.45, 7) is 0. The number of para-hydroxylation sites is 1. The zero-order chi connectivity index (χ0) is 29.9. The number of carbonyl (C=O) groups excluding carboxylic acids is 3. The molecule has 0 heterocycles. The maximum absolute atomic E-state index is 13.4. The number of carbonyl (C=O) groups is 3. The van der Waals surface area contributed by atoms with Gasteiger partial charge in [-0.25, -0.2) is 0 Å². The average molecular weight is 583 g/mol. The van der Waals surface area contributed by atoms with Gasteiger partial charge >= 0.3 is 0 Å². The fraction of sp³-hybridized carbons (Fsp3) is 0.121. The lowest BCUT2D eigenvalue weighted by Crippen LogP contribution is -2.30. The van der Waals surface area contributed by atoms with Gasteiger partial charge in [0, 0.05) is 27.3 Å². The number of nitrogens with one attached hydrogen (secondary N) is 2. The van der Waals surface area contributed by atoms with E-state index < -0.39 is 11.8 Å². The second-order valence-corrected chi connectivity index (χ2v) is 9.93. The van der Waals surface area contributed by atoms with Crippen molar-refractivity contribution < 1.29 is 28.6 Å². The van der Waals surface area contributed by atoms with Gasteiger partial charge in [-0.1, -0.05) is 42.5 Å².